The van der Waals surface area contributed by atoms with E-state index in [9.17, 15) is 0 Å². The van der Waals surface area contributed by atoms with Gasteiger partial charge in [0.2, 0.25) is 0 Å². The van der Waals surface area contributed by atoms with E-state index in [2.05, 4.69) is 38.7 Å². The van der Waals surface area contributed by atoms with Gasteiger partial charge >= 0.3 is 0 Å². The molecule has 2 aliphatic rings. The molecule has 1 aliphatic carbocycles. The fourth-order valence-electron chi connectivity index (χ4n) is 4.26. The zero-order valence-corrected chi connectivity index (χ0v) is 14.9. The van der Waals surface area contributed by atoms with Crippen LogP contribution in [0.4, 0.5) is 5.82 Å². The van der Waals surface area contributed by atoms with E-state index in [1.165, 1.54) is 50.0 Å². The number of piperazine rings is 1. The maximum atomic E-state index is 4.54. The van der Waals surface area contributed by atoms with Crippen molar-refractivity contribution < 1.29 is 0 Å². The van der Waals surface area contributed by atoms with Gasteiger partial charge in [0.05, 0.1) is 0 Å². The van der Waals surface area contributed by atoms with Crippen LogP contribution in [-0.4, -0.2) is 57.2 Å². The zero-order valence-electron chi connectivity index (χ0n) is 14.9. The van der Waals surface area contributed by atoms with E-state index in [0.717, 1.165) is 37.8 Å². The normalized spacial score (nSPS) is 20.8. The Hall–Kier alpha value is -1.69. The van der Waals surface area contributed by atoms with Crippen LogP contribution in [-0.2, 0) is 0 Å². The molecule has 1 aliphatic heterocycles. The first-order chi connectivity index (χ1) is 11.7. The highest BCUT2D eigenvalue weighted by Crippen LogP contribution is 2.26. The van der Waals surface area contributed by atoms with Gasteiger partial charge < -0.3 is 4.90 Å². The van der Waals surface area contributed by atoms with Crippen LogP contribution in [0.1, 0.15) is 43.4 Å². The van der Waals surface area contributed by atoms with Crippen molar-refractivity contribution in [1.82, 2.24) is 24.5 Å². The Bertz CT molecular complexity index is 695. The maximum Gasteiger partial charge on any atom is 0.254 e. The summed E-state index contributed by atoms with van der Waals surface area (Å²) in [6.45, 7) is 9.92. The molecule has 0 amide bonds. The average molecular weight is 328 g/mol. The Labute approximate surface area is 143 Å². The molecule has 24 heavy (non-hydrogen) atoms. The number of hydrogen-bond acceptors (Lipinski definition) is 5. The zero-order chi connectivity index (χ0) is 16.5. The first-order valence-electron chi connectivity index (χ1n) is 9.36. The van der Waals surface area contributed by atoms with Crippen LogP contribution >= 0.6 is 0 Å². The minimum Gasteiger partial charge on any atom is -0.354 e. The molecule has 1 saturated carbocycles. The summed E-state index contributed by atoms with van der Waals surface area (Å²) in [6, 6.07) is 0. The molecule has 0 bridgehead atoms. The molecule has 1 saturated heterocycles. The fourth-order valence-corrected chi connectivity index (χ4v) is 4.26. The third-order valence-corrected chi connectivity index (χ3v) is 5.79. The molecule has 2 fully saturated rings. The van der Waals surface area contributed by atoms with E-state index in [1.54, 1.807) is 6.33 Å². The van der Waals surface area contributed by atoms with Crippen molar-refractivity contribution in [2.75, 3.05) is 37.6 Å². The van der Waals surface area contributed by atoms with Gasteiger partial charge in [0.1, 0.15) is 12.1 Å². The summed E-state index contributed by atoms with van der Waals surface area (Å²) < 4.78 is 1.90. The highest BCUT2D eigenvalue weighted by molar-refractivity contribution is 5.54. The van der Waals surface area contributed by atoms with E-state index in [4.69, 9.17) is 0 Å². The molecule has 0 aromatic carbocycles. The predicted molar refractivity (Wildman–Crippen MR) is 95.5 cm³/mol. The Kier molecular flexibility index (Phi) is 4.39. The van der Waals surface area contributed by atoms with Crippen LogP contribution in [0.15, 0.2) is 6.33 Å². The summed E-state index contributed by atoms with van der Waals surface area (Å²) in [5, 5.41) is 4.40. The first kappa shape index (κ1) is 15.8. The molecule has 6 nitrogen and oxygen atoms in total. The van der Waals surface area contributed by atoms with Crippen molar-refractivity contribution in [2.45, 2.75) is 46.0 Å². The van der Waals surface area contributed by atoms with Crippen molar-refractivity contribution in [2.24, 2.45) is 5.92 Å². The Morgan fingerprint density at radius 2 is 1.79 bits per heavy atom. The van der Waals surface area contributed by atoms with E-state index in [-0.39, 0.29) is 0 Å². The number of aryl methyl sites for hydroxylation is 1. The van der Waals surface area contributed by atoms with Gasteiger partial charge in [-0.05, 0) is 32.6 Å². The average Bonchev–Trinajstić information content (AvgIpc) is 3.06. The topological polar surface area (TPSA) is 49.6 Å². The molecule has 3 heterocycles. The molecule has 0 N–H and O–H groups in total. The lowest BCUT2D eigenvalue weighted by atomic mass is 9.89. The van der Waals surface area contributed by atoms with E-state index in [1.807, 2.05) is 4.52 Å². The van der Waals surface area contributed by atoms with E-state index >= 15 is 0 Å². The number of hydrogen-bond donors (Lipinski definition) is 0. The van der Waals surface area contributed by atoms with Gasteiger partial charge in [-0.15, -0.1) is 0 Å². The minimum absolute atomic E-state index is 0.706. The lowest BCUT2D eigenvalue weighted by molar-refractivity contribution is 0.191. The van der Waals surface area contributed by atoms with Crippen LogP contribution in [0.25, 0.3) is 5.78 Å². The molecule has 4 rings (SSSR count). The molecule has 0 radical (unpaired) electrons. The van der Waals surface area contributed by atoms with Crippen LogP contribution in [0.5, 0.6) is 0 Å². The largest absolute Gasteiger partial charge is 0.354 e. The SMILES string of the molecule is Cc1nc2ncnn2c(N2CCN(CC3CCCCC3)CC2)c1C. The molecule has 6 heteroatoms. The molecule has 2 aromatic rings. The van der Waals surface area contributed by atoms with Crippen molar-refractivity contribution in [3.05, 3.63) is 17.6 Å². The van der Waals surface area contributed by atoms with Crippen LogP contribution in [0, 0.1) is 19.8 Å². The van der Waals surface area contributed by atoms with Gasteiger partial charge in [0, 0.05) is 44.0 Å². The smallest absolute Gasteiger partial charge is 0.254 e. The van der Waals surface area contributed by atoms with Crippen LogP contribution in [0.3, 0.4) is 0 Å². The monoisotopic (exact) mass is 328 g/mol. The number of fused-ring (bicyclic) bond motifs is 1. The van der Waals surface area contributed by atoms with Crippen LogP contribution < -0.4 is 4.90 Å². The third-order valence-electron chi connectivity index (χ3n) is 5.79. The number of nitrogens with zero attached hydrogens (tertiary/aromatic N) is 6. The Morgan fingerprint density at radius 1 is 1.04 bits per heavy atom. The van der Waals surface area contributed by atoms with Crippen molar-refractivity contribution in [1.29, 1.82) is 0 Å². The Morgan fingerprint density at radius 3 is 2.54 bits per heavy atom. The molecular weight excluding hydrogens is 300 g/mol. The summed E-state index contributed by atoms with van der Waals surface area (Å²) in [6.07, 6.45) is 8.78. The van der Waals surface area contributed by atoms with E-state index < -0.39 is 0 Å². The van der Waals surface area contributed by atoms with Gasteiger partial charge in [-0.1, -0.05) is 19.3 Å². The quantitative estimate of drug-likeness (QED) is 0.866. The molecule has 0 unspecified atom stereocenters. The number of aromatic nitrogens is 4. The first-order valence-corrected chi connectivity index (χ1v) is 9.36. The second kappa shape index (κ2) is 6.67. The van der Waals surface area contributed by atoms with E-state index in [0.29, 0.717) is 5.78 Å². The maximum absolute atomic E-state index is 4.54. The van der Waals surface area contributed by atoms with Crippen molar-refractivity contribution in [3.63, 3.8) is 0 Å². The molecule has 2 aromatic heterocycles. The lowest BCUT2D eigenvalue weighted by Crippen LogP contribution is -2.48. The summed E-state index contributed by atoms with van der Waals surface area (Å²) in [5.41, 5.74) is 2.27. The molecule has 130 valence electrons. The lowest BCUT2D eigenvalue weighted by Gasteiger charge is -2.38. The Balaban J connectivity index is 1.46. The second-order valence-corrected chi connectivity index (χ2v) is 7.41. The standard InChI is InChI=1S/C18H28N6/c1-14-15(2)21-18-19-13-20-24(18)17(14)23-10-8-22(9-11-23)12-16-6-4-3-5-7-16/h13,16H,3-12H2,1-2H3. The fraction of sp³-hybridized carbons (Fsp3) is 0.722. The highest BCUT2D eigenvalue weighted by Gasteiger charge is 2.24. The van der Waals surface area contributed by atoms with Crippen molar-refractivity contribution >= 4 is 11.6 Å². The number of rotatable bonds is 3. The summed E-state index contributed by atoms with van der Waals surface area (Å²) in [5.74, 6) is 2.81. The van der Waals surface area contributed by atoms with Crippen LogP contribution in [0.2, 0.25) is 0 Å². The van der Waals surface area contributed by atoms with Gasteiger partial charge in [0.25, 0.3) is 5.78 Å². The predicted octanol–water partition coefficient (Wildman–Crippen LogP) is 2.44. The van der Waals surface area contributed by atoms with Gasteiger partial charge in [-0.25, -0.2) is 4.98 Å². The molecular formula is C18H28N6. The third kappa shape index (κ3) is 2.99. The summed E-state index contributed by atoms with van der Waals surface area (Å²) in [4.78, 5) is 13.9. The highest BCUT2D eigenvalue weighted by atomic mass is 15.4. The summed E-state index contributed by atoms with van der Waals surface area (Å²) in [7, 11) is 0. The second-order valence-electron chi connectivity index (χ2n) is 7.41. The molecule has 0 spiro atoms. The van der Waals surface area contributed by atoms with Crippen molar-refractivity contribution in [3.8, 4) is 0 Å². The summed E-state index contributed by atoms with van der Waals surface area (Å²) >= 11 is 0. The van der Waals surface area contributed by atoms with Gasteiger partial charge in [-0.3, -0.25) is 4.90 Å². The van der Waals surface area contributed by atoms with Gasteiger partial charge in [0.15, 0.2) is 0 Å². The van der Waals surface area contributed by atoms with Gasteiger partial charge in [-0.2, -0.15) is 14.6 Å². The number of anilines is 1. The minimum atomic E-state index is 0.706. The molecule has 0 atom stereocenters.